The Hall–Kier alpha value is -1.75. The lowest BCUT2D eigenvalue weighted by atomic mass is 9.97. The van der Waals surface area contributed by atoms with Crippen molar-refractivity contribution in [1.29, 1.82) is 0 Å². The van der Waals surface area contributed by atoms with E-state index in [2.05, 4.69) is 46.7 Å². The van der Waals surface area contributed by atoms with Crippen molar-refractivity contribution >= 4 is 0 Å². The molecule has 0 amide bonds. The van der Waals surface area contributed by atoms with Gasteiger partial charge in [0.2, 0.25) is 0 Å². The topological polar surface area (TPSA) is 69.6 Å². The van der Waals surface area contributed by atoms with Crippen molar-refractivity contribution in [3.8, 4) is 0 Å². The first-order valence-corrected chi connectivity index (χ1v) is 5.77. The van der Waals surface area contributed by atoms with E-state index in [1.54, 1.807) is 4.68 Å². The molecule has 2 N–H and O–H groups in total. The Morgan fingerprint density at radius 3 is 2.47 bits per heavy atom. The first kappa shape index (κ1) is 11.7. The average Bonchev–Trinajstić information content (AvgIpc) is 2.78. The minimum atomic E-state index is 0.0564. The predicted molar refractivity (Wildman–Crippen MR) is 65.5 cm³/mol. The number of nitrogens with two attached hydrogens (primary N) is 1. The summed E-state index contributed by atoms with van der Waals surface area (Å²) in [7, 11) is 1.83. The summed E-state index contributed by atoms with van der Waals surface area (Å²) >= 11 is 0. The Morgan fingerprint density at radius 2 is 2.00 bits per heavy atom. The molecule has 0 fully saturated rings. The zero-order chi connectivity index (χ0) is 12.3. The van der Waals surface area contributed by atoms with E-state index in [-0.39, 0.29) is 5.92 Å². The van der Waals surface area contributed by atoms with Crippen LogP contribution in [0.5, 0.6) is 0 Å². The van der Waals surface area contributed by atoms with Crippen molar-refractivity contribution in [1.82, 2.24) is 20.2 Å². The van der Waals surface area contributed by atoms with Crippen LogP contribution in [0.2, 0.25) is 0 Å². The summed E-state index contributed by atoms with van der Waals surface area (Å²) in [5.74, 6) is 0.859. The number of hydrogen-bond acceptors (Lipinski definition) is 4. The van der Waals surface area contributed by atoms with Gasteiger partial charge >= 0.3 is 0 Å². The number of hydrogen-bond donors (Lipinski definition) is 1. The predicted octanol–water partition coefficient (Wildman–Crippen LogP) is 0.863. The molecule has 5 heteroatoms. The highest BCUT2D eigenvalue weighted by molar-refractivity contribution is 5.29. The molecule has 0 radical (unpaired) electrons. The lowest BCUT2D eigenvalue weighted by Crippen LogP contribution is -2.18. The van der Waals surface area contributed by atoms with Crippen LogP contribution in [0.25, 0.3) is 0 Å². The summed E-state index contributed by atoms with van der Waals surface area (Å²) in [5.41, 5.74) is 8.30. The first-order chi connectivity index (χ1) is 8.26. The first-order valence-electron chi connectivity index (χ1n) is 5.77. The molecule has 0 saturated heterocycles. The van der Waals surface area contributed by atoms with Gasteiger partial charge in [-0.15, -0.1) is 5.10 Å². The summed E-state index contributed by atoms with van der Waals surface area (Å²) in [6, 6.07) is 8.46. The van der Waals surface area contributed by atoms with Gasteiger partial charge in [-0.25, -0.2) is 4.68 Å². The van der Waals surface area contributed by atoms with Crippen molar-refractivity contribution in [3.05, 3.63) is 41.2 Å². The van der Waals surface area contributed by atoms with Gasteiger partial charge in [-0.2, -0.15) is 0 Å². The van der Waals surface area contributed by atoms with Crippen LogP contribution in [0.1, 0.15) is 29.8 Å². The van der Waals surface area contributed by atoms with Crippen LogP contribution < -0.4 is 5.73 Å². The van der Waals surface area contributed by atoms with Crippen LogP contribution in [0, 0.1) is 0 Å². The van der Waals surface area contributed by atoms with Gasteiger partial charge < -0.3 is 5.73 Å². The molecule has 0 aliphatic rings. The molecule has 90 valence electrons. The van der Waals surface area contributed by atoms with Crippen molar-refractivity contribution < 1.29 is 0 Å². The van der Waals surface area contributed by atoms with Gasteiger partial charge in [-0.3, -0.25) is 0 Å². The molecule has 5 nitrogen and oxygen atoms in total. The quantitative estimate of drug-likeness (QED) is 0.847. The number of tetrazole rings is 1. The molecule has 0 aliphatic carbocycles. The van der Waals surface area contributed by atoms with Crippen molar-refractivity contribution in [2.24, 2.45) is 12.8 Å². The van der Waals surface area contributed by atoms with Crippen LogP contribution in [-0.4, -0.2) is 26.8 Å². The van der Waals surface area contributed by atoms with Crippen LogP contribution in [-0.2, 0) is 13.5 Å². The molecule has 17 heavy (non-hydrogen) atoms. The smallest absolute Gasteiger partial charge is 0.159 e. The Morgan fingerprint density at radius 1 is 1.29 bits per heavy atom. The molecule has 0 spiro atoms. The highest BCUT2D eigenvalue weighted by atomic mass is 15.5. The number of rotatable bonds is 4. The normalized spacial score (nSPS) is 12.6. The molecule has 0 aliphatic heterocycles. The molecule has 1 unspecified atom stereocenters. The van der Waals surface area contributed by atoms with E-state index < -0.39 is 0 Å². The highest BCUT2D eigenvalue weighted by Gasteiger charge is 2.18. The summed E-state index contributed by atoms with van der Waals surface area (Å²) in [5, 5.41) is 11.5. The Bertz CT molecular complexity index is 474. The lowest BCUT2D eigenvalue weighted by Gasteiger charge is -2.13. The Balaban J connectivity index is 2.32. The van der Waals surface area contributed by atoms with Crippen LogP contribution in [0.3, 0.4) is 0 Å². The Labute approximate surface area is 101 Å². The number of aryl methyl sites for hydroxylation is 2. The maximum atomic E-state index is 5.83. The molecular formula is C12H17N5. The lowest BCUT2D eigenvalue weighted by molar-refractivity contribution is 0.641. The highest BCUT2D eigenvalue weighted by Crippen LogP contribution is 2.21. The molecule has 0 saturated carbocycles. The van der Waals surface area contributed by atoms with E-state index in [0.717, 1.165) is 17.8 Å². The fourth-order valence-corrected chi connectivity index (χ4v) is 1.91. The average molecular weight is 231 g/mol. The third kappa shape index (κ3) is 2.34. The largest absolute Gasteiger partial charge is 0.329 e. The van der Waals surface area contributed by atoms with Crippen LogP contribution in [0.4, 0.5) is 0 Å². The van der Waals surface area contributed by atoms with Crippen molar-refractivity contribution in [3.63, 3.8) is 0 Å². The second-order valence-corrected chi connectivity index (χ2v) is 4.04. The second-order valence-electron chi connectivity index (χ2n) is 4.04. The van der Waals surface area contributed by atoms with Gasteiger partial charge in [0.1, 0.15) is 0 Å². The molecule has 2 aromatic rings. The number of benzene rings is 1. The van der Waals surface area contributed by atoms with Crippen molar-refractivity contribution in [2.45, 2.75) is 19.3 Å². The van der Waals surface area contributed by atoms with E-state index >= 15 is 0 Å². The summed E-state index contributed by atoms with van der Waals surface area (Å²) in [6.07, 6.45) is 1.04. The fourth-order valence-electron chi connectivity index (χ4n) is 1.91. The van der Waals surface area contributed by atoms with Crippen molar-refractivity contribution in [2.75, 3.05) is 6.54 Å². The third-order valence-electron chi connectivity index (χ3n) is 2.99. The molecule has 0 bridgehead atoms. The SMILES string of the molecule is CCc1ccc(C(CN)c2nnnn2C)cc1. The standard InChI is InChI=1S/C12H17N5/c1-3-9-4-6-10(7-5-9)11(8-13)12-14-15-16-17(12)2/h4-7,11H,3,8,13H2,1-2H3. The summed E-state index contributed by atoms with van der Waals surface area (Å²) in [6.45, 7) is 2.64. The molecular weight excluding hydrogens is 214 g/mol. The zero-order valence-corrected chi connectivity index (χ0v) is 10.2. The van der Waals surface area contributed by atoms with Crippen LogP contribution >= 0.6 is 0 Å². The van der Waals surface area contributed by atoms with Crippen LogP contribution in [0.15, 0.2) is 24.3 Å². The van der Waals surface area contributed by atoms with Gasteiger partial charge in [-0.05, 0) is 28.0 Å². The van der Waals surface area contributed by atoms with E-state index in [1.807, 2.05) is 7.05 Å². The van der Waals surface area contributed by atoms with E-state index in [0.29, 0.717) is 6.54 Å². The van der Waals surface area contributed by atoms with E-state index in [9.17, 15) is 0 Å². The molecule has 1 heterocycles. The number of aromatic nitrogens is 4. The fraction of sp³-hybridized carbons (Fsp3) is 0.417. The molecule has 1 aromatic heterocycles. The number of nitrogens with zero attached hydrogens (tertiary/aromatic N) is 4. The monoisotopic (exact) mass is 231 g/mol. The zero-order valence-electron chi connectivity index (χ0n) is 10.2. The second kappa shape index (κ2) is 5.05. The summed E-state index contributed by atoms with van der Waals surface area (Å²) < 4.78 is 1.67. The third-order valence-corrected chi connectivity index (χ3v) is 2.99. The summed E-state index contributed by atoms with van der Waals surface area (Å²) in [4.78, 5) is 0. The van der Waals surface area contributed by atoms with E-state index in [4.69, 9.17) is 5.73 Å². The minimum absolute atomic E-state index is 0.0564. The maximum absolute atomic E-state index is 5.83. The maximum Gasteiger partial charge on any atom is 0.159 e. The minimum Gasteiger partial charge on any atom is -0.329 e. The molecule has 1 atom stereocenters. The van der Waals surface area contributed by atoms with Gasteiger partial charge in [0, 0.05) is 13.6 Å². The molecule has 1 aromatic carbocycles. The van der Waals surface area contributed by atoms with Gasteiger partial charge in [0.25, 0.3) is 0 Å². The Kier molecular flexibility index (Phi) is 3.49. The van der Waals surface area contributed by atoms with Gasteiger partial charge in [-0.1, -0.05) is 31.2 Å². The van der Waals surface area contributed by atoms with Gasteiger partial charge in [0.15, 0.2) is 5.82 Å². The van der Waals surface area contributed by atoms with Gasteiger partial charge in [0.05, 0.1) is 5.92 Å². The van der Waals surface area contributed by atoms with E-state index in [1.165, 1.54) is 5.56 Å². The molecule has 2 rings (SSSR count).